The molecule has 0 radical (unpaired) electrons. The summed E-state index contributed by atoms with van der Waals surface area (Å²) in [5.74, 6) is 2.47. The third kappa shape index (κ3) is 1.04. The zero-order valence-corrected chi connectivity index (χ0v) is 7.45. The largest absolute Gasteiger partial charge is 0.450 e. The van der Waals surface area contributed by atoms with E-state index < -0.39 is 0 Å². The van der Waals surface area contributed by atoms with Gasteiger partial charge < -0.3 is 15.4 Å². The molecule has 14 heavy (non-hydrogen) atoms. The van der Waals surface area contributed by atoms with Crippen LogP contribution in [0.4, 0.5) is 5.69 Å². The minimum absolute atomic E-state index is 0.595. The molecule has 0 fully saturated rings. The summed E-state index contributed by atoms with van der Waals surface area (Å²) < 4.78 is 5.64. The summed E-state index contributed by atoms with van der Waals surface area (Å²) in [5, 5.41) is 6.36. The quantitative estimate of drug-likeness (QED) is 0.643. The lowest BCUT2D eigenvalue weighted by atomic mass is 10.2. The van der Waals surface area contributed by atoms with Crippen LogP contribution >= 0.6 is 0 Å². The molecule has 2 aliphatic heterocycles. The molecule has 0 unspecified atom stereocenters. The van der Waals surface area contributed by atoms with Crippen molar-refractivity contribution >= 4 is 11.9 Å². The van der Waals surface area contributed by atoms with Gasteiger partial charge in [0.2, 0.25) is 0 Å². The highest BCUT2D eigenvalue weighted by atomic mass is 16.5. The van der Waals surface area contributed by atoms with Gasteiger partial charge in [0.05, 0.1) is 11.9 Å². The highest BCUT2D eigenvalue weighted by molar-refractivity contribution is 5.82. The lowest BCUT2D eigenvalue weighted by molar-refractivity contribution is 0.435. The van der Waals surface area contributed by atoms with Crippen LogP contribution in [-0.4, -0.2) is 12.9 Å². The number of aliphatic imine (C=N–C) groups is 1. The van der Waals surface area contributed by atoms with Gasteiger partial charge >= 0.3 is 0 Å². The Morgan fingerprint density at radius 1 is 1.29 bits per heavy atom. The fraction of sp³-hybridized carbons (Fsp3) is 0.100. The summed E-state index contributed by atoms with van der Waals surface area (Å²) >= 11 is 0. The van der Waals surface area contributed by atoms with Crippen molar-refractivity contribution in [3.8, 4) is 5.75 Å². The van der Waals surface area contributed by atoms with Crippen molar-refractivity contribution in [3.63, 3.8) is 0 Å². The van der Waals surface area contributed by atoms with Gasteiger partial charge in [0.25, 0.3) is 0 Å². The topological polar surface area (TPSA) is 45.7 Å². The minimum atomic E-state index is 0.595. The van der Waals surface area contributed by atoms with Crippen molar-refractivity contribution in [2.75, 3.05) is 12.0 Å². The molecule has 0 saturated heterocycles. The van der Waals surface area contributed by atoms with E-state index in [-0.39, 0.29) is 0 Å². The molecule has 0 aliphatic carbocycles. The number of nitrogens with one attached hydrogen (secondary N) is 2. The first-order valence-corrected chi connectivity index (χ1v) is 4.45. The maximum absolute atomic E-state index is 5.64. The first kappa shape index (κ1) is 7.44. The van der Waals surface area contributed by atoms with Gasteiger partial charge in [0.15, 0.2) is 17.3 Å². The molecule has 2 aliphatic rings. The van der Waals surface area contributed by atoms with Gasteiger partial charge in [-0.25, -0.2) is 0 Å². The van der Waals surface area contributed by atoms with Crippen LogP contribution in [0.3, 0.4) is 0 Å². The molecule has 2 N–H and O–H groups in total. The Kier molecular flexibility index (Phi) is 1.47. The fourth-order valence-electron chi connectivity index (χ4n) is 1.50. The average molecular weight is 187 g/mol. The highest BCUT2D eigenvalue weighted by Gasteiger charge is 2.18. The van der Waals surface area contributed by atoms with E-state index in [1.165, 1.54) is 0 Å². The van der Waals surface area contributed by atoms with E-state index >= 15 is 0 Å². The van der Waals surface area contributed by atoms with Gasteiger partial charge in [-0.1, -0.05) is 12.1 Å². The Bertz CT molecular complexity index is 437. The molecule has 0 amide bonds. The number of allylic oxidation sites excluding steroid dienone is 1. The van der Waals surface area contributed by atoms with Gasteiger partial charge in [-0.2, -0.15) is 0 Å². The van der Waals surface area contributed by atoms with Gasteiger partial charge in [0, 0.05) is 0 Å². The standard InChI is InChI=1S/C10H9N3O/c1-2-4-8-7(3-1)13-10-9(14-8)5-11-6-12-10/h1-5,12-13H,6H2. The summed E-state index contributed by atoms with van der Waals surface area (Å²) in [4.78, 5) is 4.08. The van der Waals surface area contributed by atoms with E-state index in [1.807, 2.05) is 24.3 Å². The van der Waals surface area contributed by atoms with Crippen molar-refractivity contribution in [2.24, 2.45) is 4.99 Å². The lowest BCUT2D eigenvalue weighted by Crippen LogP contribution is -2.30. The molecule has 4 heteroatoms. The average Bonchev–Trinajstić information content (AvgIpc) is 2.26. The number of nitrogens with zero attached hydrogens (tertiary/aromatic N) is 1. The van der Waals surface area contributed by atoms with E-state index in [0.717, 1.165) is 23.0 Å². The molecule has 0 atom stereocenters. The second-order valence-corrected chi connectivity index (χ2v) is 3.11. The Labute approximate surface area is 81.3 Å². The number of rotatable bonds is 0. The molecular formula is C10H9N3O. The van der Waals surface area contributed by atoms with Crippen LogP contribution in [0.1, 0.15) is 0 Å². The van der Waals surface area contributed by atoms with Crippen molar-refractivity contribution in [3.05, 3.63) is 35.8 Å². The number of benzene rings is 1. The van der Waals surface area contributed by atoms with Gasteiger partial charge in [-0.15, -0.1) is 0 Å². The van der Waals surface area contributed by atoms with Gasteiger partial charge in [-0.3, -0.25) is 4.99 Å². The summed E-state index contributed by atoms with van der Waals surface area (Å²) in [6.45, 7) is 0.595. The predicted molar refractivity (Wildman–Crippen MR) is 54.2 cm³/mol. The second-order valence-electron chi connectivity index (χ2n) is 3.11. The Balaban J connectivity index is 2.03. The number of hydrogen-bond acceptors (Lipinski definition) is 4. The van der Waals surface area contributed by atoms with Crippen molar-refractivity contribution in [1.29, 1.82) is 0 Å². The van der Waals surface area contributed by atoms with Crippen molar-refractivity contribution in [2.45, 2.75) is 0 Å². The van der Waals surface area contributed by atoms with Crippen LogP contribution in [0.25, 0.3) is 0 Å². The van der Waals surface area contributed by atoms with Crippen LogP contribution in [0.15, 0.2) is 40.8 Å². The van der Waals surface area contributed by atoms with E-state index in [0.29, 0.717) is 6.67 Å². The number of para-hydroxylation sites is 2. The minimum Gasteiger partial charge on any atom is -0.450 e. The zero-order valence-electron chi connectivity index (χ0n) is 7.45. The van der Waals surface area contributed by atoms with E-state index in [2.05, 4.69) is 15.6 Å². The molecule has 0 aromatic heterocycles. The number of anilines is 1. The molecule has 1 aromatic rings. The van der Waals surface area contributed by atoms with Crippen molar-refractivity contribution < 1.29 is 4.74 Å². The van der Waals surface area contributed by atoms with E-state index in [9.17, 15) is 0 Å². The third-order valence-corrected chi connectivity index (χ3v) is 2.17. The second kappa shape index (κ2) is 2.77. The highest BCUT2D eigenvalue weighted by Crippen LogP contribution is 2.31. The summed E-state index contributed by atoms with van der Waals surface area (Å²) in [5.41, 5.74) is 0.981. The Morgan fingerprint density at radius 3 is 3.21 bits per heavy atom. The summed E-state index contributed by atoms with van der Waals surface area (Å²) in [6, 6.07) is 7.82. The maximum Gasteiger partial charge on any atom is 0.185 e. The van der Waals surface area contributed by atoms with Crippen molar-refractivity contribution in [1.82, 2.24) is 5.32 Å². The third-order valence-electron chi connectivity index (χ3n) is 2.17. The number of fused-ring (bicyclic) bond motifs is 1. The lowest BCUT2D eigenvalue weighted by Gasteiger charge is -2.25. The molecule has 1 aromatic carbocycles. The maximum atomic E-state index is 5.64. The first-order valence-electron chi connectivity index (χ1n) is 4.45. The van der Waals surface area contributed by atoms with Gasteiger partial charge in [-0.05, 0) is 12.1 Å². The molecule has 0 spiro atoms. The van der Waals surface area contributed by atoms with Gasteiger partial charge in [0.1, 0.15) is 6.67 Å². The summed E-state index contributed by atoms with van der Waals surface area (Å²) in [6.07, 6.45) is 1.73. The van der Waals surface area contributed by atoms with Crippen LogP contribution in [0, 0.1) is 0 Å². The SMILES string of the molecule is C1=NCNC2=C1Oc1ccccc1N2. The first-order chi connectivity index (χ1) is 6.93. The van der Waals surface area contributed by atoms with E-state index in [1.54, 1.807) is 6.21 Å². The van der Waals surface area contributed by atoms with E-state index in [4.69, 9.17) is 4.74 Å². The van der Waals surface area contributed by atoms with Crippen LogP contribution in [0.2, 0.25) is 0 Å². The number of hydrogen-bond donors (Lipinski definition) is 2. The molecule has 3 rings (SSSR count). The molecule has 70 valence electrons. The summed E-state index contributed by atoms with van der Waals surface area (Å²) in [7, 11) is 0. The zero-order chi connectivity index (χ0) is 9.38. The fourth-order valence-corrected chi connectivity index (χ4v) is 1.50. The molecular weight excluding hydrogens is 178 g/mol. The van der Waals surface area contributed by atoms with Crippen LogP contribution in [-0.2, 0) is 0 Å². The van der Waals surface area contributed by atoms with Crippen LogP contribution < -0.4 is 15.4 Å². The number of ether oxygens (including phenoxy) is 1. The monoisotopic (exact) mass is 187 g/mol. The Morgan fingerprint density at radius 2 is 2.21 bits per heavy atom. The molecule has 0 bridgehead atoms. The Hall–Kier alpha value is -1.97. The van der Waals surface area contributed by atoms with Crippen LogP contribution in [0.5, 0.6) is 5.75 Å². The normalized spacial score (nSPS) is 17.4. The predicted octanol–water partition coefficient (Wildman–Crippen LogP) is 1.29. The smallest absolute Gasteiger partial charge is 0.185 e. The molecule has 0 saturated carbocycles. The molecule has 2 heterocycles. The molecule has 4 nitrogen and oxygen atoms in total.